The number of nitrogens with one attached hydrogen (secondary N) is 2. The van der Waals surface area contributed by atoms with Gasteiger partial charge in [-0.1, -0.05) is 54.6 Å². The van der Waals surface area contributed by atoms with Gasteiger partial charge in [-0.2, -0.15) is 0 Å². The Balaban J connectivity index is 1.25. The summed E-state index contributed by atoms with van der Waals surface area (Å²) in [5, 5.41) is 4.98. The molecule has 0 bridgehead atoms. The summed E-state index contributed by atoms with van der Waals surface area (Å²) in [5.74, 6) is -0.995. The normalized spacial score (nSPS) is 14.0. The minimum Gasteiger partial charge on any atom is -0.489 e. The van der Waals surface area contributed by atoms with Gasteiger partial charge in [-0.05, 0) is 78.2 Å². The summed E-state index contributed by atoms with van der Waals surface area (Å²) in [6.07, 6.45) is 1.37. The number of anilines is 2. The lowest BCUT2D eigenvalue weighted by Crippen LogP contribution is -2.54. The number of hydrogen-bond donors (Lipinski definition) is 2. The zero-order chi connectivity index (χ0) is 29.5. The summed E-state index contributed by atoms with van der Waals surface area (Å²) in [4.78, 5) is 51.8. The Morgan fingerprint density at radius 2 is 1.60 bits per heavy atom. The number of urea groups is 1. The minimum atomic E-state index is -0.850. The Hall–Kier alpha value is -5.70. The van der Waals surface area contributed by atoms with Gasteiger partial charge in [-0.25, -0.2) is 9.69 Å². The van der Waals surface area contributed by atoms with Crippen molar-refractivity contribution >= 4 is 41.2 Å². The van der Waals surface area contributed by atoms with Crippen LogP contribution in [0, 0.1) is 6.92 Å². The number of amides is 5. The van der Waals surface area contributed by atoms with Crippen molar-refractivity contribution in [2.75, 3.05) is 16.8 Å². The van der Waals surface area contributed by atoms with Gasteiger partial charge in [0.15, 0.2) is 6.61 Å². The molecule has 0 aromatic heterocycles. The van der Waals surface area contributed by atoms with Crippen LogP contribution in [-0.2, 0) is 21.0 Å². The molecule has 0 unspecified atom stereocenters. The molecule has 0 saturated carbocycles. The van der Waals surface area contributed by atoms with Gasteiger partial charge in [0.2, 0.25) is 0 Å². The van der Waals surface area contributed by atoms with E-state index < -0.39 is 17.8 Å². The zero-order valence-electron chi connectivity index (χ0n) is 22.7. The molecule has 4 aromatic rings. The number of nitrogens with zero attached hydrogens (tertiary/aromatic N) is 1. The second-order valence-corrected chi connectivity index (χ2v) is 9.50. The fraction of sp³-hybridized carbons (Fsp3) is 0.0909. The number of carbonyl (C=O) groups is 4. The molecule has 1 aliphatic heterocycles. The van der Waals surface area contributed by atoms with Crippen LogP contribution in [0.2, 0.25) is 0 Å². The second-order valence-electron chi connectivity index (χ2n) is 9.50. The second kappa shape index (κ2) is 12.6. The highest BCUT2D eigenvalue weighted by atomic mass is 16.5. The highest BCUT2D eigenvalue weighted by Gasteiger charge is 2.36. The monoisotopic (exact) mass is 561 g/mol. The molecule has 1 saturated heterocycles. The molecule has 4 aromatic carbocycles. The van der Waals surface area contributed by atoms with Crippen molar-refractivity contribution in [3.8, 4) is 11.5 Å². The van der Waals surface area contributed by atoms with Crippen molar-refractivity contribution in [2.24, 2.45) is 0 Å². The Kier molecular flexibility index (Phi) is 8.39. The van der Waals surface area contributed by atoms with E-state index in [-0.39, 0.29) is 23.8 Å². The van der Waals surface area contributed by atoms with Crippen LogP contribution in [0.3, 0.4) is 0 Å². The number of ether oxygens (including phenoxy) is 2. The molecule has 1 heterocycles. The van der Waals surface area contributed by atoms with E-state index in [0.717, 1.165) is 16.0 Å². The first kappa shape index (κ1) is 27.9. The van der Waals surface area contributed by atoms with Crippen LogP contribution in [0.5, 0.6) is 11.5 Å². The van der Waals surface area contributed by atoms with Crippen molar-refractivity contribution in [1.29, 1.82) is 0 Å². The topological polar surface area (TPSA) is 114 Å². The molecule has 210 valence electrons. The molecule has 0 radical (unpaired) electrons. The van der Waals surface area contributed by atoms with Crippen LogP contribution >= 0.6 is 0 Å². The molecular formula is C33H27N3O6. The first-order valence-corrected chi connectivity index (χ1v) is 13.1. The van der Waals surface area contributed by atoms with E-state index in [1.807, 2.05) is 55.5 Å². The van der Waals surface area contributed by atoms with Gasteiger partial charge < -0.3 is 14.8 Å². The fourth-order valence-corrected chi connectivity index (χ4v) is 4.25. The molecule has 5 rings (SSSR count). The molecule has 5 amide bonds. The van der Waals surface area contributed by atoms with E-state index in [0.29, 0.717) is 29.4 Å². The number of aryl methyl sites for hydroxylation is 1. The summed E-state index contributed by atoms with van der Waals surface area (Å²) in [6, 6.07) is 29.2. The lowest BCUT2D eigenvalue weighted by Gasteiger charge is -2.26. The third-order valence-corrected chi connectivity index (χ3v) is 6.29. The van der Waals surface area contributed by atoms with Crippen molar-refractivity contribution in [1.82, 2.24) is 5.32 Å². The minimum absolute atomic E-state index is 0.228. The van der Waals surface area contributed by atoms with Crippen LogP contribution in [0.25, 0.3) is 6.08 Å². The third kappa shape index (κ3) is 6.89. The molecular weight excluding hydrogens is 534 g/mol. The maximum absolute atomic E-state index is 13.3. The zero-order valence-corrected chi connectivity index (χ0v) is 22.7. The molecule has 9 nitrogen and oxygen atoms in total. The number of benzene rings is 4. The van der Waals surface area contributed by atoms with Crippen molar-refractivity contribution < 1.29 is 28.7 Å². The number of barbiturate groups is 1. The van der Waals surface area contributed by atoms with Crippen molar-refractivity contribution in [3.63, 3.8) is 0 Å². The van der Waals surface area contributed by atoms with Gasteiger partial charge in [0.1, 0.15) is 23.7 Å². The summed E-state index contributed by atoms with van der Waals surface area (Å²) >= 11 is 0. The van der Waals surface area contributed by atoms with Crippen LogP contribution in [0.1, 0.15) is 16.7 Å². The van der Waals surface area contributed by atoms with E-state index in [1.165, 1.54) is 6.08 Å². The smallest absolute Gasteiger partial charge is 0.335 e. The van der Waals surface area contributed by atoms with Crippen molar-refractivity contribution in [2.45, 2.75) is 13.5 Å². The predicted octanol–water partition coefficient (Wildman–Crippen LogP) is 5.26. The first-order valence-electron chi connectivity index (χ1n) is 13.1. The lowest BCUT2D eigenvalue weighted by atomic mass is 10.1. The van der Waals surface area contributed by atoms with Gasteiger partial charge in [0, 0.05) is 5.69 Å². The van der Waals surface area contributed by atoms with Crippen LogP contribution in [0.4, 0.5) is 16.2 Å². The number of carbonyl (C=O) groups excluding carboxylic acids is 4. The molecule has 0 aliphatic carbocycles. The van der Waals surface area contributed by atoms with E-state index >= 15 is 0 Å². The molecule has 2 N–H and O–H groups in total. The maximum Gasteiger partial charge on any atom is 0.335 e. The SMILES string of the molecule is Cc1cccc(NC(=O)COc2cccc(/C=C3/C(=O)NC(=O)N(c4ccc(OCc5ccccc5)cc4)C3=O)c2)c1. The quantitative estimate of drug-likeness (QED) is 0.213. The van der Waals surface area contributed by atoms with E-state index in [1.54, 1.807) is 54.6 Å². The summed E-state index contributed by atoms with van der Waals surface area (Å²) < 4.78 is 11.4. The molecule has 0 spiro atoms. The lowest BCUT2D eigenvalue weighted by molar-refractivity contribution is -0.122. The Labute approximate surface area is 242 Å². The molecule has 1 fully saturated rings. The summed E-state index contributed by atoms with van der Waals surface area (Å²) in [6.45, 7) is 2.06. The third-order valence-electron chi connectivity index (χ3n) is 6.29. The summed E-state index contributed by atoms with van der Waals surface area (Å²) in [7, 11) is 0. The average molecular weight is 562 g/mol. The predicted molar refractivity (Wildman–Crippen MR) is 158 cm³/mol. The van der Waals surface area contributed by atoms with Gasteiger partial charge in [-0.3, -0.25) is 19.7 Å². The van der Waals surface area contributed by atoms with Crippen LogP contribution < -0.4 is 25.0 Å². The average Bonchev–Trinajstić information content (AvgIpc) is 2.98. The largest absolute Gasteiger partial charge is 0.489 e. The Morgan fingerprint density at radius 3 is 2.36 bits per heavy atom. The Morgan fingerprint density at radius 1 is 0.833 bits per heavy atom. The molecule has 0 atom stereocenters. The van der Waals surface area contributed by atoms with Crippen molar-refractivity contribution in [3.05, 3.63) is 125 Å². The Bertz CT molecular complexity index is 1660. The van der Waals surface area contributed by atoms with Gasteiger partial charge >= 0.3 is 6.03 Å². The number of hydrogen-bond acceptors (Lipinski definition) is 6. The van der Waals surface area contributed by atoms with E-state index in [4.69, 9.17) is 9.47 Å². The van der Waals surface area contributed by atoms with E-state index in [2.05, 4.69) is 10.6 Å². The fourth-order valence-electron chi connectivity index (χ4n) is 4.25. The highest BCUT2D eigenvalue weighted by molar-refractivity contribution is 6.39. The number of rotatable bonds is 9. The first-order chi connectivity index (χ1) is 20.4. The van der Waals surface area contributed by atoms with Gasteiger partial charge in [-0.15, -0.1) is 0 Å². The maximum atomic E-state index is 13.3. The van der Waals surface area contributed by atoms with Crippen LogP contribution in [-0.4, -0.2) is 30.4 Å². The standard InChI is InChI=1S/C33H27N3O6/c1-22-7-5-11-25(17-22)34-30(37)21-42-28-12-6-10-24(18-28)19-29-31(38)35-33(40)36(32(29)39)26-13-15-27(16-14-26)41-20-23-8-3-2-4-9-23/h2-19H,20-21H2,1H3,(H,34,37)(H,35,38,40)/b29-19-. The molecule has 9 heteroatoms. The van der Waals surface area contributed by atoms with E-state index in [9.17, 15) is 19.2 Å². The van der Waals surface area contributed by atoms with Gasteiger partial charge in [0.25, 0.3) is 17.7 Å². The molecule has 42 heavy (non-hydrogen) atoms. The highest BCUT2D eigenvalue weighted by Crippen LogP contribution is 2.25. The van der Waals surface area contributed by atoms with Crippen LogP contribution in [0.15, 0.2) is 109 Å². The molecule has 1 aliphatic rings. The number of imide groups is 2. The summed E-state index contributed by atoms with van der Waals surface area (Å²) in [5.41, 5.74) is 3.20. The van der Waals surface area contributed by atoms with Gasteiger partial charge in [0.05, 0.1) is 5.69 Å².